The number of thiophene rings is 1. The molecule has 0 unspecified atom stereocenters. The third-order valence-electron chi connectivity index (χ3n) is 5.58. The van der Waals surface area contributed by atoms with E-state index < -0.39 is 0 Å². The van der Waals surface area contributed by atoms with Gasteiger partial charge in [-0.25, -0.2) is 4.98 Å². The van der Waals surface area contributed by atoms with Gasteiger partial charge in [0.25, 0.3) is 11.5 Å². The van der Waals surface area contributed by atoms with E-state index in [0.717, 1.165) is 33.2 Å². The van der Waals surface area contributed by atoms with Gasteiger partial charge in [-0.15, -0.1) is 23.1 Å². The number of nitrogens with zero attached hydrogens (tertiary/aromatic N) is 1. The number of hydrogen-bond acceptors (Lipinski definition) is 7. The second-order valence-electron chi connectivity index (χ2n) is 8.12. The van der Waals surface area contributed by atoms with Crippen LogP contribution in [0.15, 0.2) is 46.1 Å². The topological polar surface area (TPSA) is 93.3 Å². The number of amides is 1. The number of aryl methyl sites for hydroxylation is 3. The Morgan fingerprint density at radius 3 is 2.71 bits per heavy atom. The largest absolute Gasteiger partial charge is 0.486 e. The van der Waals surface area contributed by atoms with Crippen molar-refractivity contribution in [2.24, 2.45) is 0 Å². The summed E-state index contributed by atoms with van der Waals surface area (Å²) in [4.78, 5) is 35.4. The number of hydrogen-bond donors (Lipinski definition) is 2. The molecule has 0 atom stereocenters. The number of benzene rings is 2. The van der Waals surface area contributed by atoms with Gasteiger partial charge in [0.05, 0.1) is 16.0 Å². The van der Waals surface area contributed by atoms with E-state index in [0.29, 0.717) is 45.4 Å². The van der Waals surface area contributed by atoms with Gasteiger partial charge in [0.15, 0.2) is 11.5 Å². The van der Waals surface area contributed by atoms with Gasteiger partial charge in [-0.3, -0.25) is 9.59 Å². The number of fused-ring (bicyclic) bond motifs is 2. The van der Waals surface area contributed by atoms with Crippen molar-refractivity contribution in [3.05, 3.63) is 74.1 Å². The number of aromatic nitrogens is 2. The van der Waals surface area contributed by atoms with Crippen molar-refractivity contribution >= 4 is 44.9 Å². The van der Waals surface area contributed by atoms with Crippen molar-refractivity contribution in [3.63, 3.8) is 0 Å². The lowest BCUT2D eigenvalue weighted by Gasteiger charge is -2.18. The van der Waals surface area contributed by atoms with Crippen LogP contribution in [-0.4, -0.2) is 29.1 Å². The number of aromatic amines is 1. The summed E-state index contributed by atoms with van der Waals surface area (Å²) >= 11 is 2.78. The number of carbonyl (C=O) groups excluding carboxylic acids is 1. The monoisotopic (exact) mass is 493 g/mol. The number of thioether (sulfide) groups is 1. The fraction of sp³-hybridized carbons (Fsp3) is 0.240. The van der Waals surface area contributed by atoms with E-state index in [9.17, 15) is 9.59 Å². The zero-order valence-electron chi connectivity index (χ0n) is 19.0. The summed E-state index contributed by atoms with van der Waals surface area (Å²) in [7, 11) is 0. The van der Waals surface area contributed by atoms with Gasteiger partial charge in [0.2, 0.25) is 0 Å². The molecule has 7 nitrogen and oxygen atoms in total. The Balaban J connectivity index is 1.37. The highest BCUT2D eigenvalue weighted by atomic mass is 32.2. The first-order chi connectivity index (χ1) is 16.4. The molecule has 1 aliphatic heterocycles. The molecule has 0 fully saturated rings. The second kappa shape index (κ2) is 9.15. The number of rotatable bonds is 5. The van der Waals surface area contributed by atoms with Crippen LogP contribution >= 0.6 is 23.1 Å². The summed E-state index contributed by atoms with van der Waals surface area (Å²) in [6.07, 6.45) is 0. The normalized spacial score (nSPS) is 12.7. The SMILES string of the molecule is Cc1ccc(NC(=O)c2sc3nc(CSc4ccc5c(c4)OCCO5)[nH]c(=O)c3c2C)c(C)c1. The van der Waals surface area contributed by atoms with E-state index in [2.05, 4.69) is 15.3 Å². The molecule has 34 heavy (non-hydrogen) atoms. The van der Waals surface area contributed by atoms with Gasteiger partial charge in [0, 0.05) is 10.6 Å². The second-order valence-corrected chi connectivity index (χ2v) is 10.2. The third-order valence-corrected chi connectivity index (χ3v) is 7.76. The maximum atomic E-state index is 13.0. The maximum Gasteiger partial charge on any atom is 0.266 e. The van der Waals surface area contributed by atoms with E-state index in [1.165, 1.54) is 11.3 Å². The Hall–Kier alpha value is -3.30. The van der Waals surface area contributed by atoms with Gasteiger partial charge in [0.1, 0.15) is 23.9 Å². The number of nitrogens with one attached hydrogen (secondary N) is 2. The molecule has 2 N–H and O–H groups in total. The minimum atomic E-state index is -0.237. The molecule has 5 rings (SSSR count). The van der Waals surface area contributed by atoms with E-state index >= 15 is 0 Å². The first kappa shape index (κ1) is 22.5. The Labute approximate surface area is 204 Å². The van der Waals surface area contributed by atoms with Crippen LogP contribution in [0.1, 0.15) is 32.2 Å². The highest BCUT2D eigenvalue weighted by Crippen LogP contribution is 2.35. The van der Waals surface area contributed by atoms with Crippen LogP contribution in [0, 0.1) is 20.8 Å². The third kappa shape index (κ3) is 4.41. The van der Waals surface area contributed by atoms with E-state index in [1.807, 2.05) is 50.2 Å². The predicted molar refractivity (Wildman–Crippen MR) is 136 cm³/mol. The molecular weight excluding hydrogens is 470 g/mol. The zero-order valence-corrected chi connectivity index (χ0v) is 20.6. The molecule has 3 heterocycles. The van der Waals surface area contributed by atoms with Gasteiger partial charge in [-0.05, 0) is 56.2 Å². The highest BCUT2D eigenvalue weighted by Gasteiger charge is 2.20. The predicted octanol–water partition coefficient (Wildman–Crippen LogP) is 5.23. The van der Waals surface area contributed by atoms with Crippen LogP contribution in [0.3, 0.4) is 0 Å². The van der Waals surface area contributed by atoms with Crippen LogP contribution in [0.5, 0.6) is 11.5 Å². The Bertz CT molecular complexity index is 1480. The summed E-state index contributed by atoms with van der Waals surface area (Å²) in [6.45, 7) is 6.84. The van der Waals surface area contributed by atoms with Crippen molar-refractivity contribution in [1.29, 1.82) is 0 Å². The standard InChI is InChI=1S/C25H23N3O4S2/c1-13-4-6-17(14(2)10-13)26-24(30)22-15(3)21-23(29)27-20(28-25(21)34-22)12-33-16-5-7-18-19(11-16)32-9-8-31-18/h4-7,10-11H,8-9,12H2,1-3H3,(H,26,30)(H,27,28,29). The first-order valence-corrected chi connectivity index (χ1v) is 12.6. The lowest BCUT2D eigenvalue weighted by Crippen LogP contribution is -2.15. The molecule has 0 saturated carbocycles. The van der Waals surface area contributed by atoms with Gasteiger partial charge >= 0.3 is 0 Å². The van der Waals surface area contributed by atoms with Crippen LogP contribution in [0.25, 0.3) is 10.2 Å². The summed E-state index contributed by atoms with van der Waals surface area (Å²) in [5, 5.41) is 3.43. The molecule has 0 radical (unpaired) electrons. The zero-order chi connectivity index (χ0) is 23.8. The maximum absolute atomic E-state index is 13.0. The summed E-state index contributed by atoms with van der Waals surface area (Å²) in [6, 6.07) is 11.6. The molecule has 174 valence electrons. The molecule has 2 aromatic heterocycles. The highest BCUT2D eigenvalue weighted by molar-refractivity contribution is 7.98. The molecule has 2 aromatic carbocycles. The average molecular weight is 494 g/mol. The van der Waals surface area contributed by atoms with Crippen molar-refractivity contribution in [1.82, 2.24) is 9.97 Å². The molecular formula is C25H23N3O4S2. The van der Waals surface area contributed by atoms with Crippen LogP contribution in [0.4, 0.5) is 5.69 Å². The number of H-pyrrole nitrogens is 1. The van der Waals surface area contributed by atoms with Crippen LogP contribution in [0.2, 0.25) is 0 Å². The molecule has 0 aliphatic carbocycles. The lowest BCUT2D eigenvalue weighted by atomic mass is 10.1. The quantitative estimate of drug-likeness (QED) is 0.370. The minimum Gasteiger partial charge on any atom is -0.486 e. The lowest BCUT2D eigenvalue weighted by molar-refractivity contribution is 0.103. The van der Waals surface area contributed by atoms with Gasteiger partial charge < -0.3 is 19.8 Å². The van der Waals surface area contributed by atoms with Gasteiger partial charge in [-0.2, -0.15) is 0 Å². The van der Waals surface area contributed by atoms with Crippen LogP contribution in [-0.2, 0) is 5.75 Å². The van der Waals surface area contributed by atoms with Crippen LogP contribution < -0.4 is 20.3 Å². The minimum absolute atomic E-state index is 0.234. The first-order valence-electron chi connectivity index (χ1n) is 10.8. The smallest absolute Gasteiger partial charge is 0.266 e. The number of carbonyl (C=O) groups is 1. The Kier molecular flexibility index (Phi) is 6.05. The fourth-order valence-electron chi connectivity index (χ4n) is 3.87. The Morgan fingerprint density at radius 1 is 1.12 bits per heavy atom. The molecule has 1 amide bonds. The molecule has 4 aromatic rings. The molecule has 0 bridgehead atoms. The van der Waals surface area contributed by atoms with E-state index in [4.69, 9.17) is 9.47 Å². The molecule has 1 aliphatic rings. The van der Waals surface area contributed by atoms with E-state index in [1.54, 1.807) is 18.7 Å². The van der Waals surface area contributed by atoms with Gasteiger partial charge in [-0.1, -0.05) is 17.7 Å². The van der Waals surface area contributed by atoms with Crippen molar-refractivity contribution in [2.45, 2.75) is 31.4 Å². The Morgan fingerprint density at radius 2 is 1.91 bits per heavy atom. The molecule has 0 saturated heterocycles. The number of ether oxygens (including phenoxy) is 2. The van der Waals surface area contributed by atoms with Crippen molar-refractivity contribution < 1.29 is 14.3 Å². The number of anilines is 1. The average Bonchev–Trinajstić information content (AvgIpc) is 3.16. The fourth-order valence-corrected chi connectivity index (χ4v) is 5.76. The summed E-state index contributed by atoms with van der Waals surface area (Å²) < 4.78 is 11.2. The molecule has 0 spiro atoms. The summed E-state index contributed by atoms with van der Waals surface area (Å²) in [5.41, 5.74) is 3.28. The van der Waals surface area contributed by atoms with Crippen molar-refractivity contribution in [2.75, 3.05) is 18.5 Å². The van der Waals surface area contributed by atoms with Crippen molar-refractivity contribution in [3.8, 4) is 11.5 Å². The summed E-state index contributed by atoms with van der Waals surface area (Å²) in [5.74, 6) is 2.26. The molecule has 9 heteroatoms. The van der Waals surface area contributed by atoms with E-state index in [-0.39, 0.29) is 11.5 Å².